The molecule has 0 aliphatic carbocycles. The van der Waals surface area contributed by atoms with Gasteiger partial charge in [-0.15, -0.1) is 0 Å². The third-order valence-corrected chi connectivity index (χ3v) is 4.69. The number of benzene rings is 2. The molecule has 2 aromatic rings. The van der Waals surface area contributed by atoms with Crippen molar-refractivity contribution in [3.8, 4) is 0 Å². The molecule has 1 N–H and O–H groups in total. The summed E-state index contributed by atoms with van der Waals surface area (Å²) in [5, 5.41) is 2.84. The van der Waals surface area contributed by atoms with E-state index in [1.165, 1.54) is 6.92 Å². The van der Waals surface area contributed by atoms with Crippen LogP contribution < -0.4 is 10.2 Å². The van der Waals surface area contributed by atoms with E-state index < -0.39 is 0 Å². The second kappa shape index (κ2) is 7.52. The van der Waals surface area contributed by atoms with Gasteiger partial charge in [0.25, 0.3) is 0 Å². The minimum Gasteiger partial charge on any atom is -0.326 e. The number of carbonyl (C=O) groups is 3. The van der Waals surface area contributed by atoms with Crippen LogP contribution in [0.25, 0.3) is 0 Å². The molecule has 1 saturated heterocycles. The molecule has 2 amide bonds. The lowest BCUT2D eigenvalue weighted by Crippen LogP contribution is -2.28. The standard InChI is InChI=1S/C21H22N2O3/c1-3-15-5-4-6-19(11-15)23-13-17(12-20(23)25)21(26)22-18-9-7-16(8-10-18)14(2)24/h4-11,17H,3,12-13H2,1-2H3,(H,22,26)/t17-/m1/s1. The highest BCUT2D eigenvalue weighted by atomic mass is 16.2. The van der Waals surface area contributed by atoms with Gasteiger partial charge in [-0.1, -0.05) is 19.1 Å². The number of rotatable bonds is 5. The van der Waals surface area contributed by atoms with Crippen LogP contribution in [0.5, 0.6) is 0 Å². The molecule has 1 fully saturated rings. The van der Waals surface area contributed by atoms with Crippen LogP contribution in [0.15, 0.2) is 48.5 Å². The van der Waals surface area contributed by atoms with Crippen molar-refractivity contribution in [3.63, 3.8) is 0 Å². The summed E-state index contributed by atoms with van der Waals surface area (Å²) in [5.41, 5.74) is 3.23. The Balaban J connectivity index is 1.67. The Morgan fingerprint density at radius 2 is 1.88 bits per heavy atom. The van der Waals surface area contributed by atoms with E-state index in [0.29, 0.717) is 17.8 Å². The highest BCUT2D eigenvalue weighted by Crippen LogP contribution is 2.27. The molecule has 134 valence electrons. The molecule has 2 aromatic carbocycles. The van der Waals surface area contributed by atoms with Gasteiger partial charge in [0.15, 0.2) is 5.78 Å². The molecule has 0 spiro atoms. The van der Waals surface area contributed by atoms with Gasteiger partial charge in [0.2, 0.25) is 11.8 Å². The molecule has 0 saturated carbocycles. The Bertz CT molecular complexity index is 843. The van der Waals surface area contributed by atoms with Gasteiger partial charge in [-0.05, 0) is 55.3 Å². The van der Waals surface area contributed by atoms with Crippen LogP contribution >= 0.6 is 0 Å². The van der Waals surface area contributed by atoms with E-state index in [0.717, 1.165) is 17.7 Å². The molecule has 26 heavy (non-hydrogen) atoms. The second-order valence-corrected chi connectivity index (χ2v) is 6.55. The van der Waals surface area contributed by atoms with Crippen molar-refractivity contribution >= 4 is 29.0 Å². The van der Waals surface area contributed by atoms with E-state index in [1.807, 2.05) is 24.3 Å². The SMILES string of the molecule is CCc1cccc(N2C[C@H](C(=O)Nc3ccc(C(C)=O)cc3)CC2=O)c1. The van der Waals surface area contributed by atoms with Crippen LogP contribution in [0.2, 0.25) is 0 Å². The number of ketones is 1. The number of carbonyl (C=O) groups excluding carboxylic acids is 3. The van der Waals surface area contributed by atoms with E-state index in [-0.39, 0.29) is 29.9 Å². The van der Waals surface area contributed by atoms with Crippen molar-refractivity contribution in [1.82, 2.24) is 0 Å². The lowest BCUT2D eigenvalue weighted by Gasteiger charge is -2.17. The topological polar surface area (TPSA) is 66.5 Å². The zero-order valence-electron chi connectivity index (χ0n) is 15.0. The predicted octanol–water partition coefficient (Wildman–Crippen LogP) is 3.44. The fourth-order valence-electron chi connectivity index (χ4n) is 3.11. The molecular weight excluding hydrogens is 328 g/mol. The van der Waals surface area contributed by atoms with Gasteiger partial charge in [0.05, 0.1) is 5.92 Å². The molecule has 1 atom stereocenters. The average molecular weight is 350 g/mol. The average Bonchev–Trinajstić information content (AvgIpc) is 3.04. The number of hydrogen-bond acceptors (Lipinski definition) is 3. The Morgan fingerprint density at radius 3 is 2.54 bits per heavy atom. The van der Waals surface area contributed by atoms with Crippen molar-refractivity contribution in [2.75, 3.05) is 16.8 Å². The smallest absolute Gasteiger partial charge is 0.229 e. The van der Waals surface area contributed by atoms with E-state index >= 15 is 0 Å². The summed E-state index contributed by atoms with van der Waals surface area (Å²) in [7, 11) is 0. The van der Waals surface area contributed by atoms with E-state index in [2.05, 4.69) is 12.2 Å². The minimum absolute atomic E-state index is 0.0192. The number of nitrogens with one attached hydrogen (secondary N) is 1. The first kappa shape index (κ1) is 17.9. The van der Waals surface area contributed by atoms with Crippen molar-refractivity contribution in [2.45, 2.75) is 26.7 Å². The summed E-state index contributed by atoms with van der Waals surface area (Å²) >= 11 is 0. The van der Waals surface area contributed by atoms with E-state index in [1.54, 1.807) is 29.2 Å². The number of aryl methyl sites for hydroxylation is 1. The highest BCUT2D eigenvalue weighted by Gasteiger charge is 2.35. The van der Waals surface area contributed by atoms with Gasteiger partial charge >= 0.3 is 0 Å². The number of anilines is 2. The summed E-state index contributed by atoms with van der Waals surface area (Å²) in [6, 6.07) is 14.6. The maximum absolute atomic E-state index is 12.5. The summed E-state index contributed by atoms with van der Waals surface area (Å²) in [5.74, 6) is -0.622. The number of Topliss-reactive ketones (excluding diaryl/α,β-unsaturated/α-hetero) is 1. The van der Waals surface area contributed by atoms with Crippen LogP contribution in [-0.4, -0.2) is 24.1 Å². The predicted molar refractivity (Wildman–Crippen MR) is 101 cm³/mol. The zero-order valence-corrected chi connectivity index (χ0v) is 15.0. The Labute approximate surface area is 153 Å². The normalized spacial score (nSPS) is 16.6. The fraction of sp³-hybridized carbons (Fsp3) is 0.286. The van der Waals surface area contributed by atoms with Gasteiger partial charge in [0, 0.05) is 29.9 Å². The maximum atomic E-state index is 12.5. The molecule has 1 heterocycles. The van der Waals surface area contributed by atoms with E-state index in [9.17, 15) is 14.4 Å². The van der Waals surface area contributed by atoms with Gasteiger partial charge < -0.3 is 10.2 Å². The molecule has 1 aliphatic rings. The summed E-state index contributed by atoms with van der Waals surface area (Å²) in [4.78, 5) is 37.9. The van der Waals surface area contributed by atoms with Crippen LogP contribution in [-0.2, 0) is 16.0 Å². The first-order valence-electron chi connectivity index (χ1n) is 8.79. The van der Waals surface area contributed by atoms with Gasteiger partial charge in [-0.2, -0.15) is 0 Å². The fourth-order valence-corrected chi connectivity index (χ4v) is 3.11. The third kappa shape index (κ3) is 3.82. The lowest BCUT2D eigenvalue weighted by molar-refractivity contribution is -0.122. The zero-order chi connectivity index (χ0) is 18.7. The maximum Gasteiger partial charge on any atom is 0.229 e. The van der Waals surface area contributed by atoms with Gasteiger partial charge in [-0.3, -0.25) is 14.4 Å². The Kier molecular flexibility index (Phi) is 5.16. The van der Waals surface area contributed by atoms with Crippen LogP contribution in [0.1, 0.15) is 36.2 Å². The monoisotopic (exact) mass is 350 g/mol. The quantitative estimate of drug-likeness (QED) is 0.840. The number of hydrogen-bond donors (Lipinski definition) is 1. The van der Waals surface area contributed by atoms with Crippen molar-refractivity contribution in [2.24, 2.45) is 5.92 Å². The van der Waals surface area contributed by atoms with Crippen molar-refractivity contribution in [1.29, 1.82) is 0 Å². The largest absolute Gasteiger partial charge is 0.326 e. The molecule has 0 aromatic heterocycles. The lowest BCUT2D eigenvalue weighted by atomic mass is 10.1. The summed E-state index contributed by atoms with van der Waals surface area (Å²) in [6.07, 6.45) is 1.10. The second-order valence-electron chi connectivity index (χ2n) is 6.55. The molecule has 1 aliphatic heterocycles. The third-order valence-electron chi connectivity index (χ3n) is 4.69. The van der Waals surface area contributed by atoms with Gasteiger partial charge in [0.1, 0.15) is 0 Å². The van der Waals surface area contributed by atoms with Gasteiger partial charge in [-0.25, -0.2) is 0 Å². The molecule has 0 unspecified atom stereocenters. The summed E-state index contributed by atoms with van der Waals surface area (Å²) in [6.45, 7) is 3.95. The molecule has 0 bridgehead atoms. The Hall–Kier alpha value is -2.95. The minimum atomic E-state index is -0.389. The van der Waals surface area contributed by atoms with Crippen LogP contribution in [0, 0.1) is 5.92 Å². The first-order chi connectivity index (χ1) is 12.5. The molecule has 5 heteroatoms. The number of amides is 2. The number of nitrogens with zero attached hydrogens (tertiary/aromatic N) is 1. The highest BCUT2D eigenvalue weighted by molar-refractivity contribution is 6.03. The molecular formula is C21H22N2O3. The molecule has 0 radical (unpaired) electrons. The Morgan fingerprint density at radius 1 is 1.15 bits per heavy atom. The van der Waals surface area contributed by atoms with E-state index in [4.69, 9.17) is 0 Å². The first-order valence-corrected chi connectivity index (χ1v) is 8.79. The van der Waals surface area contributed by atoms with Crippen LogP contribution in [0.4, 0.5) is 11.4 Å². The molecule has 3 rings (SSSR count). The van der Waals surface area contributed by atoms with Crippen molar-refractivity contribution in [3.05, 3.63) is 59.7 Å². The summed E-state index contributed by atoms with van der Waals surface area (Å²) < 4.78 is 0. The van der Waals surface area contributed by atoms with Crippen molar-refractivity contribution < 1.29 is 14.4 Å². The van der Waals surface area contributed by atoms with Crippen LogP contribution in [0.3, 0.4) is 0 Å². The molecule has 5 nitrogen and oxygen atoms in total.